The summed E-state index contributed by atoms with van der Waals surface area (Å²) in [5.74, 6) is -0.309. The first kappa shape index (κ1) is 20.0. The zero-order valence-electron chi connectivity index (χ0n) is 15.3. The number of nitro benzene ring substituents is 1. The van der Waals surface area contributed by atoms with Crippen LogP contribution in [0.2, 0.25) is 0 Å². The standard InChI is InChI=1S/C18H21FN4O4S/c1-20-28(26,27)14-8-9-16(18(11-14)23(24)25)21-13-5-4-10-22(12-13)17-7-3-2-6-15(17)19/h2-3,6-9,11,13,20-21H,4-5,10,12H2,1H3. The molecule has 3 rings (SSSR count). The highest BCUT2D eigenvalue weighted by atomic mass is 32.2. The molecule has 0 aliphatic carbocycles. The number of nitrogens with zero attached hydrogens (tertiary/aromatic N) is 2. The maximum atomic E-state index is 14.1. The third-order valence-corrected chi connectivity index (χ3v) is 6.13. The second-order valence-electron chi connectivity index (χ2n) is 6.52. The van der Waals surface area contributed by atoms with Gasteiger partial charge in [-0.2, -0.15) is 0 Å². The largest absolute Gasteiger partial charge is 0.375 e. The molecule has 0 saturated carbocycles. The normalized spacial score (nSPS) is 17.4. The van der Waals surface area contributed by atoms with Gasteiger partial charge in [0.25, 0.3) is 5.69 Å². The van der Waals surface area contributed by atoms with Crippen molar-refractivity contribution in [3.63, 3.8) is 0 Å². The lowest BCUT2D eigenvalue weighted by Gasteiger charge is -2.35. The highest BCUT2D eigenvalue weighted by Crippen LogP contribution is 2.30. The number of piperidine rings is 1. The maximum absolute atomic E-state index is 14.1. The van der Waals surface area contributed by atoms with Gasteiger partial charge in [-0.25, -0.2) is 17.5 Å². The van der Waals surface area contributed by atoms with Crippen LogP contribution in [0.25, 0.3) is 0 Å². The Morgan fingerprint density at radius 3 is 2.68 bits per heavy atom. The van der Waals surface area contributed by atoms with E-state index in [0.717, 1.165) is 18.9 Å². The van der Waals surface area contributed by atoms with Crippen LogP contribution in [0.1, 0.15) is 12.8 Å². The van der Waals surface area contributed by atoms with Crippen molar-refractivity contribution in [1.82, 2.24) is 4.72 Å². The van der Waals surface area contributed by atoms with Crippen molar-refractivity contribution in [1.29, 1.82) is 0 Å². The fraction of sp³-hybridized carbons (Fsp3) is 0.333. The first-order valence-electron chi connectivity index (χ1n) is 8.80. The van der Waals surface area contributed by atoms with E-state index in [-0.39, 0.29) is 28.1 Å². The molecule has 0 aromatic heterocycles. The van der Waals surface area contributed by atoms with Crippen molar-refractivity contribution in [2.45, 2.75) is 23.8 Å². The Bertz CT molecular complexity index is 983. The molecule has 1 atom stereocenters. The molecule has 1 heterocycles. The number of hydrogen-bond acceptors (Lipinski definition) is 6. The van der Waals surface area contributed by atoms with Gasteiger partial charge in [-0.05, 0) is 44.2 Å². The number of sulfonamides is 1. The number of nitrogens with one attached hydrogen (secondary N) is 2. The molecule has 28 heavy (non-hydrogen) atoms. The van der Waals surface area contributed by atoms with Crippen LogP contribution >= 0.6 is 0 Å². The van der Waals surface area contributed by atoms with Crippen LogP contribution in [0, 0.1) is 15.9 Å². The molecule has 8 nitrogen and oxygen atoms in total. The van der Waals surface area contributed by atoms with Crippen LogP contribution in [-0.4, -0.2) is 39.5 Å². The topological polar surface area (TPSA) is 105 Å². The van der Waals surface area contributed by atoms with Gasteiger partial charge in [-0.15, -0.1) is 0 Å². The van der Waals surface area contributed by atoms with E-state index in [1.54, 1.807) is 18.2 Å². The van der Waals surface area contributed by atoms with E-state index in [4.69, 9.17) is 0 Å². The first-order chi connectivity index (χ1) is 13.3. The molecule has 2 aromatic rings. The number of anilines is 2. The summed E-state index contributed by atoms with van der Waals surface area (Å²) >= 11 is 0. The average Bonchev–Trinajstić information content (AvgIpc) is 2.68. The van der Waals surface area contributed by atoms with Crippen LogP contribution < -0.4 is 14.9 Å². The smallest absolute Gasteiger partial charge is 0.293 e. The van der Waals surface area contributed by atoms with Crippen LogP contribution in [0.5, 0.6) is 0 Å². The van der Waals surface area contributed by atoms with Gasteiger partial charge in [0.15, 0.2) is 0 Å². The van der Waals surface area contributed by atoms with Crippen molar-refractivity contribution < 1.29 is 17.7 Å². The van der Waals surface area contributed by atoms with Crippen molar-refractivity contribution in [2.24, 2.45) is 0 Å². The van der Waals surface area contributed by atoms with Crippen molar-refractivity contribution >= 4 is 27.1 Å². The minimum absolute atomic E-state index is 0.140. The molecular formula is C18H21FN4O4S. The number of benzene rings is 2. The summed E-state index contributed by atoms with van der Waals surface area (Å²) in [6, 6.07) is 10.1. The third kappa shape index (κ3) is 4.23. The molecule has 10 heteroatoms. The predicted molar refractivity (Wildman–Crippen MR) is 105 cm³/mol. The summed E-state index contributed by atoms with van der Waals surface area (Å²) in [7, 11) is -2.54. The summed E-state index contributed by atoms with van der Waals surface area (Å²) in [5, 5.41) is 14.6. The SMILES string of the molecule is CNS(=O)(=O)c1ccc(NC2CCCN(c3ccccc3F)C2)c([N+](=O)[O-])c1. The summed E-state index contributed by atoms with van der Waals surface area (Å²) in [4.78, 5) is 12.6. The van der Waals surface area contributed by atoms with E-state index in [9.17, 15) is 22.9 Å². The van der Waals surface area contributed by atoms with Gasteiger partial charge in [0, 0.05) is 25.2 Å². The molecule has 0 amide bonds. The van der Waals surface area contributed by atoms with Gasteiger partial charge < -0.3 is 10.2 Å². The average molecular weight is 408 g/mol. The van der Waals surface area contributed by atoms with E-state index in [1.165, 1.54) is 25.2 Å². The zero-order chi connectivity index (χ0) is 20.3. The molecule has 2 N–H and O–H groups in total. The molecule has 1 unspecified atom stereocenters. The highest BCUT2D eigenvalue weighted by Gasteiger charge is 2.25. The minimum atomic E-state index is -3.79. The fourth-order valence-corrected chi connectivity index (χ4v) is 4.06. The van der Waals surface area contributed by atoms with Gasteiger partial charge in [-0.3, -0.25) is 10.1 Å². The molecule has 1 fully saturated rings. The Hall–Kier alpha value is -2.72. The van der Waals surface area contributed by atoms with Crippen LogP contribution in [0.4, 0.5) is 21.5 Å². The highest BCUT2D eigenvalue weighted by molar-refractivity contribution is 7.89. The molecule has 0 spiro atoms. The second-order valence-corrected chi connectivity index (χ2v) is 8.41. The molecule has 0 radical (unpaired) electrons. The fourth-order valence-electron chi connectivity index (χ4n) is 3.31. The van der Waals surface area contributed by atoms with Crippen molar-refractivity contribution in [3.05, 3.63) is 58.4 Å². The lowest BCUT2D eigenvalue weighted by molar-refractivity contribution is -0.384. The minimum Gasteiger partial charge on any atom is -0.375 e. The molecule has 2 aromatic carbocycles. The van der Waals surface area contributed by atoms with Gasteiger partial charge in [0.2, 0.25) is 10.0 Å². The monoisotopic (exact) mass is 408 g/mol. The van der Waals surface area contributed by atoms with Gasteiger partial charge in [0.05, 0.1) is 15.5 Å². The Morgan fingerprint density at radius 2 is 2.00 bits per heavy atom. The Morgan fingerprint density at radius 1 is 1.25 bits per heavy atom. The first-order valence-corrected chi connectivity index (χ1v) is 10.3. The predicted octanol–water partition coefficient (Wildman–Crippen LogP) is 2.72. The molecule has 150 valence electrons. The number of nitro groups is 1. The summed E-state index contributed by atoms with van der Waals surface area (Å²) in [5.41, 5.74) is 0.415. The van der Waals surface area contributed by atoms with E-state index in [0.29, 0.717) is 18.8 Å². The molecular weight excluding hydrogens is 387 g/mol. The molecule has 0 bridgehead atoms. The zero-order valence-corrected chi connectivity index (χ0v) is 16.1. The van der Waals surface area contributed by atoms with Gasteiger partial charge in [0.1, 0.15) is 11.5 Å². The number of halogens is 1. The lowest BCUT2D eigenvalue weighted by atomic mass is 10.0. The maximum Gasteiger partial charge on any atom is 0.293 e. The van der Waals surface area contributed by atoms with Crippen LogP contribution in [0.15, 0.2) is 47.4 Å². The number of rotatable bonds is 6. The van der Waals surface area contributed by atoms with Gasteiger partial charge >= 0.3 is 0 Å². The quantitative estimate of drug-likeness (QED) is 0.563. The van der Waals surface area contributed by atoms with E-state index in [1.807, 2.05) is 4.90 Å². The molecule has 1 saturated heterocycles. The Labute approximate surface area is 162 Å². The van der Waals surface area contributed by atoms with E-state index >= 15 is 0 Å². The van der Waals surface area contributed by atoms with E-state index in [2.05, 4.69) is 10.0 Å². The second kappa shape index (κ2) is 8.11. The van der Waals surface area contributed by atoms with Crippen molar-refractivity contribution in [3.8, 4) is 0 Å². The number of para-hydroxylation sites is 1. The summed E-state index contributed by atoms with van der Waals surface area (Å²) in [6.07, 6.45) is 1.56. The molecule has 1 aliphatic heterocycles. The van der Waals surface area contributed by atoms with Crippen molar-refractivity contribution in [2.75, 3.05) is 30.4 Å². The summed E-state index contributed by atoms with van der Waals surface area (Å²) in [6.45, 7) is 1.18. The van der Waals surface area contributed by atoms with Crippen LogP contribution in [-0.2, 0) is 10.0 Å². The summed E-state index contributed by atoms with van der Waals surface area (Å²) < 4.78 is 40.0. The Balaban J connectivity index is 1.83. The third-order valence-electron chi connectivity index (χ3n) is 4.72. The van der Waals surface area contributed by atoms with Crippen LogP contribution in [0.3, 0.4) is 0 Å². The van der Waals surface area contributed by atoms with E-state index < -0.39 is 14.9 Å². The molecule has 1 aliphatic rings. The Kier molecular flexibility index (Phi) is 5.80. The number of hydrogen-bond donors (Lipinski definition) is 2. The van der Waals surface area contributed by atoms with Gasteiger partial charge in [-0.1, -0.05) is 12.1 Å². The lowest BCUT2D eigenvalue weighted by Crippen LogP contribution is -2.42.